The van der Waals surface area contributed by atoms with Crippen LogP contribution < -0.4 is 31.1 Å². The van der Waals surface area contributed by atoms with E-state index >= 15 is 0 Å². The summed E-state index contributed by atoms with van der Waals surface area (Å²) < 4.78 is 6.86. The predicted octanol–water partition coefficient (Wildman–Crippen LogP) is 18.1. The second-order valence-electron chi connectivity index (χ2n) is 27.0. The van der Waals surface area contributed by atoms with Crippen molar-refractivity contribution in [2.45, 2.75) is 150 Å². The van der Waals surface area contributed by atoms with Crippen molar-refractivity contribution in [1.29, 1.82) is 0 Å². The van der Waals surface area contributed by atoms with Crippen molar-refractivity contribution in [1.82, 2.24) is 0 Å². The molecule has 3 heterocycles. The van der Waals surface area contributed by atoms with E-state index < -0.39 is 0 Å². The van der Waals surface area contributed by atoms with Crippen LogP contribution in [0.5, 0.6) is 0 Å². The third-order valence-corrected chi connectivity index (χ3v) is 18.7. The Balaban J connectivity index is 1.16. The molecular formula is C71H74BN3O. The highest BCUT2D eigenvalue weighted by molar-refractivity contribution is 7.00. The van der Waals surface area contributed by atoms with Crippen molar-refractivity contribution >= 4 is 96.2 Å². The number of furan rings is 1. The molecule has 0 spiro atoms. The molecule has 0 saturated heterocycles. The summed E-state index contributed by atoms with van der Waals surface area (Å²) in [6.07, 6.45) is 4.66. The van der Waals surface area contributed by atoms with E-state index in [9.17, 15) is 0 Å². The van der Waals surface area contributed by atoms with E-state index in [-0.39, 0.29) is 33.8 Å². The van der Waals surface area contributed by atoms with E-state index in [1.165, 1.54) is 101 Å². The van der Waals surface area contributed by atoms with Gasteiger partial charge in [0.1, 0.15) is 11.2 Å². The first-order valence-corrected chi connectivity index (χ1v) is 28.1. The highest BCUT2D eigenvalue weighted by atomic mass is 16.3. The molecule has 1 aromatic heterocycles. The van der Waals surface area contributed by atoms with Gasteiger partial charge in [-0.3, -0.25) is 0 Å². The standard InChI is InChI=1S/C71H74BN3O/c1-43-20-19-22-46(34-43)73(59-24-17-15-21-45(59)3)48-27-29-57-60(40-48)75(49-37-51-50-23-16-18-25-64(50)76-66(51)56(39-49)67(4,5)6)63-36-44(2)35-62-65(63)72(57)58-41-54-55(71(13,14)33-32-70(54,11)12)42-61(58)74(62)47-26-28-52-53(38-47)69(9,10)31-30-68(52,7)8/h15-29,34-42H,30-33H2,1-14H3. The Morgan fingerprint density at radius 1 is 0.474 bits per heavy atom. The molecule has 0 saturated carbocycles. The van der Waals surface area contributed by atoms with Crippen LogP contribution in [0, 0.1) is 20.8 Å². The van der Waals surface area contributed by atoms with Crippen LogP contribution in [-0.2, 0) is 27.1 Å². The SMILES string of the molecule is Cc1cccc(N(c2ccc3c(c2)N(c2cc(C(C)(C)C)c4oc5ccccc5c4c2)c2cc(C)cc4c2B3c2cc3c(cc2N4c2ccc4c(c2)C(C)(C)CCC4(C)C)C(C)(C)CCC3(C)C)c2ccccc2C)c1. The first-order valence-electron chi connectivity index (χ1n) is 28.1. The van der Waals surface area contributed by atoms with Crippen molar-refractivity contribution < 1.29 is 4.42 Å². The number of benzene rings is 8. The molecule has 2 aliphatic carbocycles. The molecule has 4 nitrogen and oxygen atoms in total. The van der Waals surface area contributed by atoms with E-state index in [1.807, 2.05) is 0 Å². The lowest BCUT2D eigenvalue weighted by atomic mass is 9.33. The summed E-state index contributed by atoms with van der Waals surface area (Å²) in [6, 6.07) is 56.5. The molecule has 0 radical (unpaired) electrons. The van der Waals surface area contributed by atoms with E-state index in [2.05, 4.69) is 257 Å². The van der Waals surface area contributed by atoms with Gasteiger partial charge in [0.05, 0.1) is 0 Å². The maximum absolute atomic E-state index is 6.86. The maximum atomic E-state index is 6.86. The molecule has 0 atom stereocenters. The topological polar surface area (TPSA) is 22.9 Å². The molecule has 13 rings (SSSR count). The highest BCUT2D eigenvalue weighted by Gasteiger charge is 2.48. The zero-order valence-corrected chi connectivity index (χ0v) is 47.5. The van der Waals surface area contributed by atoms with Crippen LogP contribution >= 0.6 is 0 Å². The molecule has 0 amide bonds. The van der Waals surface area contributed by atoms with Crippen LogP contribution in [0.15, 0.2) is 150 Å². The monoisotopic (exact) mass is 996 g/mol. The molecule has 382 valence electrons. The average Bonchev–Trinajstić information content (AvgIpc) is 3.83. The van der Waals surface area contributed by atoms with E-state index in [1.54, 1.807) is 0 Å². The van der Waals surface area contributed by atoms with Gasteiger partial charge in [-0.05, 0) is 208 Å². The van der Waals surface area contributed by atoms with Gasteiger partial charge in [-0.2, -0.15) is 0 Å². The zero-order chi connectivity index (χ0) is 53.2. The molecule has 0 N–H and O–H groups in total. The van der Waals surface area contributed by atoms with Crippen molar-refractivity contribution in [3.63, 3.8) is 0 Å². The number of hydrogen-bond acceptors (Lipinski definition) is 4. The Kier molecular flexibility index (Phi) is 10.6. The lowest BCUT2D eigenvalue weighted by Crippen LogP contribution is -2.62. The minimum Gasteiger partial charge on any atom is -0.456 e. The van der Waals surface area contributed by atoms with Gasteiger partial charge >= 0.3 is 0 Å². The van der Waals surface area contributed by atoms with E-state index in [0.717, 1.165) is 58.3 Å². The highest BCUT2D eigenvalue weighted by Crippen LogP contribution is 2.54. The van der Waals surface area contributed by atoms with Gasteiger partial charge in [-0.25, -0.2) is 0 Å². The summed E-state index contributed by atoms with van der Waals surface area (Å²) in [6.45, 7) is 33.5. The summed E-state index contributed by atoms with van der Waals surface area (Å²) in [7, 11) is 0. The Morgan fingerprint density at radius 2 is 1.08 bits per heavy atom. The third-order valence-electron chi connectivity index (χ3n) is 18.7. The fourth-order valence-corrected chi connectivity index (χ4v) is 14.1. The van der Waals surface area contributed by atoms with Gasteiger partial charge in [-0.15, -0.1) is 0 Å². The number of para-hydroxylation sites is 2. The number of aryl methyl sites for hydroxylation is 3. The van der Waals surface area contributed by atoms with E-state index in [4.69, 9.17) is 4.42 Å². The molecule has 0 unspecified atom stereocenters. The maximum Gasteiger partial charge on any atom is 0.252 e. The molecule has 2 aliphatic heterocycles. The average molecular weight is 996 g/mol. The number of nitrogens with zero attached hydrogens (tertiary/aromatic N) is 3. The fourth-order valence-electron chi connectivity index (χ4n) is 14.1. The van der Waals surface area contributed by atoms with Crippen LogP contribution in [0.25, 0.3) is 21.9 Å². The molecular weight excluding hydrogens is 922 g/mol. The molecule has 4 aliphatic rings. The predicted molar refractivity (Wildman–Crippen MR) is 326 cm³/mol. The van der Waals surface area contributed by atoms with Crippen LogP contribution in [0.3, 0.4) is 0 Å². The molecule has 5 heteroatoms. The van der Waals surface area contributed by atoms with Crippen molar-refractivity contribution in [3.05, 3.63) is 190 Å². The van der Waals surface area contributed by atoms with Gasteiger partial charge in [0.2, 0.25) is 0 Å². The fraction of sp³-hybridized carbons (Fsp3) is 0.324. The quantitative estimate of drug-likeness (QED) is 0.160. The number of hydrogen-bond donors (Lipinski definition) is 0. The smallest absolute Gasteiger partial charge is 0.252 e. The first kappa shape index (κ1) is 48.7. The number of anilines is 9. The van der Waals surface area contributed by atoms with Crippen LogP contribution in [0.4, 0.5) is 51.2 Å². The second-order valence-corrected chi connectivity index (χ2v) is 27.0. The summed E-state index contributed by atoms with van der Waals surface area (Å²) in [5.74, 6) is 0. The molecule has 9 aromatic rings. The molecule has 0 fully saturated rings. The number of fused-ring (bicyclic) bond motifs is 9. The van der Waals surface area contributed by atoms with Gasteiger partial charge < -0.3 is 19.1 Å². The van der Waals surface area contributed by atoms with Crippen LogP contribution in [0.2, 0.25) is 0 Å². The molecule has 8 aromatic carbocycles. The summed E-state index contributed by atoms with van der Waals surface area (Å²) in [4.78, 5) is 7.80. The van der Waals surface area contributed by atoms with Gasteiger partial charge in [-0.1, -0.05) is 143 Å². The third kappa shape index (κ3) is 7.38. The van der Waals surface area contributed by atoms with Crippen molar-refractivity contribution in [3.8, 4) is 0 Å². The Labute approximate surface area is 452 Å². The minimum atomic E-state index is -0.214. The Hall–Kier alpha value is -6.98. The van der Waals surface area contributed by atoms with E-state index in [0.29, 0.717) is 0 Å². The van der Waals surface area contributed by atoms with Crippen LogP contribution in [0.1, 0.15) is 146 Å². The number of rotatable bonds is 5. The summed E-state index contributed by atoms with van der Waals surface area (Å²) >= 11 is 0. The van der Waals surface area contributed by atoms with Crippen molar-refractivity contribution in [2.75, 3.05) is 14.7 Å². The van der Waals surface area contributed by atoms with Crippen LogP contribution in [-0.4, -0.2) is 6.71 Å². The molecule has 76 heavy (non-hydrogen) atoms. The van der Waals surface area contributed by atoms with Gasteiger partial charge in [0.15, 0.2) is 0 Å². The minimum absolute atomic E-state index is 0.0178. The summed E-state index contributed by atoms with van der Waals surface area (Å²) in [5.41, 5.74) is 27.5. The zero-order valence-electron chi connectivity index (χ0n) is 47.5. The first-order chi connectivity index (χ1) is 36.0. The van der Waals surface area contributed by atoms with Gasteiger partial charge in [0.25, 0.3) is 6.71 Å². The largest absolute Gasteiger partial charge is 0.456 e. The lowest BCUT2D eigenvalue weighted by molar-refractivity contribution is 0.332. The van der Waals surface area contributed by atoms with Gasteiger partial charge in [0, 0.05) is 67.5 Å². The molecule has 0 bridgehead atoms. The second kappa shape index (κ2) is 16.5. The van der Waals surface area contributed by atoms with Crippen molar-refractivity contribution in [2.24, 2.45) is 0 Å². The lowest BCUT2D eigenvalue weighted by Gasteiger charge is -2.48. The normalized spacial score (nSPS) is 17.5. The Bertz CT molecular complexity index is 3900. The Morgan fingerprint density at radius 3 is 1.76 bits per heavy atom. The summed E-state index contributed by atoms with van der Waals surface area (Å²) in [5, 5.41) is 2.28.